The van der Waals surface area contributed by atoms with Gasteiger partial charge in [-0.2, -0.15) is 0 Å². The molecule has 51 heavy (non-hydrogen) atoms. The topological polar surface area (TPSA) is 58.9 Å². The molecule has 4 nitrogen and oxygen atoms in total. The number of thiophene rings is 2. The van der Waals surface area contributed by atoms with E-state index < -0.39 is 5.41 Å². The summed E-state index contributed by atoms with van der Waals surface area (Å²) in [5, 5.41) is 27.8. The fraction of sp³-hybridized carbons (Fsp3) is 0.111. The lowest BCUT2D eigenvalue weighted by Crippen LogP contribution is -2.29. The average Bonchev–Trinajstić information content (AvgIpc) is 3.97. The zero-order valence-corrected chi connectivity index (χ0v) is 29.3. The number of aliphatic hydroxyl groups is 2. The van der Waals surface area contributed by atoms with Gasteiger partial charge in [-0.05, 0) is 90.3 Å². The Balaban J connectivity index is 1.49. The maximum absolute atomic E-state index is 9.67. The molecule has 0 saturated heterocycles. The first-order valence-corrected chi connectivity index (χ1v) is 18.9. The molecular weight excluding hydrogens is 669 g/mol. The molecule has 2 aromatic heterocycles. The monoisotopic (exact) mass is 702 g/mol. The molecule has 1 aliphatic rings. The Morgan fingerprint density at radius 1 is 0.431 bits per heavy atom. The minimum Gasteiger partial charge on any atom is -0.491 e. The van der Waals surface area contributed by atoms with Crippen molar-refractivity contribution in [1.82, 2.24) is 0 Å². The van der Waals surface area contributed by atoms with E-state index >= 15 is 0 Å². The molecule has 9 rings (SSSR count). The summed E-state index contributed by atoms with van der Waals surface area (Å²) in [6.45, 7) is 0.311. The summed E-state index contributed by atoms with van der Waals surface area (Å²) in [6.07, 6.45) is 0. The molecule has 2 heterocycles. The van der Waals surface area contributed by atoms with Crippen molar-refractivity contribution in [2.75, 3.05) is 26.4 Å². The summed E-state index contributed by atoms with van der Waals surface area (Å²) in [7, 11) is 0. The third-order valence-electron chi connectivity index (χ3n) is 10.0. The van der Waals surface area contributed by atoms with Crippen LogP contribution in [0.25, 0.3) is 53.6 Å². The van der Waals surface area contributed by atoms with Crippen LogP contribution in [0.15, 0.2) is 144 Å². The van der Waals surface area contributed by atoms with E-state index in [9.17, 15) is 10.2 Å². The van der Waals surface area contributed by atoms with Gasteiger partial charge >= 0.3 is 0 Å². The summed E-state index contributed by atoms with van der Waals surface area (Å²) >= 11 is 3.53. The highest BCUT2D eigenvalue weighted by Gasteiger charge is 2.49. The van der Waals surface area contributed by atoms with Crippen molar-refractivity contribution in [1.29, 1.82) is 0 Å². The minimum atomic E-state index is -0.755. The van der Waals surface area contributed by atoms with Gasteiger partial charge in [-0.3, -0.25) is 0 Å². The van der Waals surface area contributed by atoms with Gasteiger partial charge in [-0.25, -0.2) is 0 Å². The zero-order chi connectivity index (χ0) is 34.4. The maximum Gasteiger partial charge on any atom is 0.127 e. The first-order valence-electron chi connectivity index (χ1n) is 17.1. The highest BCUT2D eigenvalue weighted by atomic mass is 32.1. The highest BCUT2D eigenvalue weighted by molar-refractivity contribution is 7.14. The van der Waals surface area contributed by atoms with Crippen molar-refractivity contribution in [2.45, 2.75) is 5.41 Å². The van der Waals surface area contributed by atoms with Crippen molar-refractivity contribution >= 4 is 44.2 Å². The van der Waals surface area contributed by atoms with Gasteiger partial charge in [0.15, 0.2) is 0 Å². The molecule has 250 valence electrons. The smallest absolute Gasteiger partial charge is 0.127 e. The molecule has 1 aliphatic carbocycles. The van der Waals surface area contributed by atoms with Gasteiger partial charge in [-0.15, -0.1) is 22.7 Å². The summed E-state index contributed by atoms with van der Waals surface area (Å²) in [5.74, 6) is 1.49. The zero-order valence-electron chi connectivity index (χ0n) is 27.7. The van der Waals surface area contributed by atoms with Crippen molar-refractivity contribution in [2.24, 2.45) is 0 Å². The molecule has 0 amide bonds. The van der Waals surface area contributed by atoms with Crippen LogP contribution in [0.3, 0.4) is 0 Å². The second-order valence-corrected chi connectivity index (χ2v) is 14.5. The Kier molecular flexibility index (Phi) is 8.17. The van der Waals surface area contributed by atoms with Gasteiger partial charge < -0.3 is 19.7 Å². The van der Waals surface area contributed by atoms with Crippen LogP contribution in [-0.2, 0) is 5.41 Å². The summed E-state index contributed by atoms with van der Waals surface area (Å²) in [5.41, 5.74) is 8.90. The van der Waals surface area contributed by atoms with E-state index in [2.05, 4.69) is 132 Å². The number of fused-ring (bicyclic) bond motifs is 5. The Morgan fingerprint density at radius 2 is 0.882 bits per heavy atom. The fourth-order valence-electron chi connectivity index (χ4n) is 8.17. The lowest BCUT2D eigenvalue weighted by Gasteiger charge is -2.36. The van der Waals surface area contributed by atoms with Crippen molar-refractivity contribution in [3.63, 3.8) is 0 Å². The first-order chi connectivity index (χ1) is 25.3. The molecule has 0 fully saturated rings. The van der Waals surface area contributed by atoms with E-state index in [0.717, 1.165) is 44.2 Å². The van der Waals surface area contributed by atoms with Crippen LogP contribution in [0.5, 0.6) is 11.5 Å². The summed E-state index contributed by atoms with van der Waals surface area (Å²) < 4.78 is 12.3. The minimum absolute atomic E-state index is 0.0611. The molecule has 0 spiro atoms. The lowest BCUT2D eigenvalue weighted by atomic mass is 9.65. The third kappa shape index (κ3) is 4.94. The Hall–Kier alpha value is -5.24. The highest BCUT2D eigenvalue weighted by Crippen LogP contribution is 2.63. The molecule has 0 atom stereocenters. The van der Waals surface area contributed by atoms with E-state index in [1.165, 1.54) is 43.1 Å². The average molecular weight is 703 g/mol. The van der Waals surface area contributed by atoms with Gasteiger partial charge in [-0.1, -0.05) is 109 Å². The third-order valence-corrected chi connectivity index (χ3v) is 11.8. The Bertz CT molecular complexity index is 2340. The van der Waals surface area contributed by atoms with E-state index in [1.54, 1.807) is 22.7 Å². The normalized spacial score (nSPS) is 13.0. The van der Waals surface area contributed by atoms with E-state index in [1.807, 2.05) is 12.1 Å². The largest absolute Gasteiger partial charge is 0.491 e. The number of hydrogen-bond acceptors (Lipinski definition) is 6. The summed E-state index contributed by atoms with van der Waals surface area (Å²) in [4.78, 5) is 2.45. The molecule has 0 saturated carbocycles. The standard InChI is InChI=1S/C45H34O4S2/c46-23-25-48-39-21-19-35(29-9-1-3-11-31(29)39)45(36-20-22-40(49-26-24-47)32-12-4-2-10-30(32)36)37-15-5-13-33(41-17-7-27-50-41)43(37)44-34(14-6-16-38(44)45)42-18-8-28-51-42/h1-22,27-28,46-47H,23-26H2. The summed E-state index contributed by atoms with van der Waals surface area (Å²) in [6, 6.07) is 47.8. The number of ether oxygens (including phenoxy) is 2. The Morgan fingerprint density at radius 3 is 1.29 bits per heavy atom. The van der Waals surface area contributed by atoms with Crippen LogP contribution in [-0.4, -0.2) is 36.6 Å². The van der Waals surface area contributed by atoms with Crippen LogP contribution in [0.4, 0.5) is 0 Å². The molecule has 0 radical (unpaired) electrons. The van der Waals surface area contributed by atoms with E-state index in [0.29, 0.717) is 0 Å². The number of hydrogen-bond donors (Lipinski definition) is 2. The molecule has 0 bridgehead atoms. The lowest BCUT2D eigenvalue weighted by molar-refractivity contribution is 0.203. The molecule has 2 N–H and O–H groups in total. The second kappa shape index (κ2) is 13.1. The van der Waals surface area contributed by atoms with Crippen molar-refractivity contribution in [3.8, 4) is 43.5 Å². The molecule has 0 unspecified atom stereocenters. The van der Waals surface area contributed by atoms with Crippen LogP contribution in [0.1, 0.15) is 22.3 Å². The van der Waals surface area contributed by atoms with Crippen molar-refractivity contribution in [3.05, 3.63) is 166 Å². The second-order valence-electron chi connectivity index (χ2n) is 12.6. The number of rotatable bonds is 10. The predicted octanol–water partition coefficient (Wildman–Crippen LogP) is 10.6. The fourth-order valence-corrected chi connectivity index (χ4v) is 9.69. The van der Waals surface area contributed by atoms with Crippen molar-refractivity contribution < 1.29 is 19.7 Å². The van der Waals surface area contributed by atoms with Crippen LogP contribution in [0.2, 0.25) is 0 Å². The quantitative estimate of drug-likeness (QED) is 0.149. The van der Waals surface area contributed by atoms with Gasteiger partial charge in [0, 0.05) is 20.5 Å². The van der Waals surface area contributed by atoms with Crippen LogP contribution >= 0.6 is 22.7 Å². The van der Waals surface area contributed by atoms with E-state index in [-0.39, 0.29) is 26.4 Å². The van der Waals surface area contributed by atoms with Gasteiger partial charge in [0.05, 0.1) is 18.6 Å². The van der Waals surface area contributed by atoms with Gasteiger partial charge in [0.2, 0.25) is 0 Å². The number of benzene rings is 6. The van der Waals surface area contributed by atoms with Gasteiger partial charge in [0.25, 0.3) is 0 Å². The molecule has 0 aliphatic heterocycles. The molecule has 8 aromatic rings. The predicted molar refractivity (Wildman–Crippen MR) is 211 cm³/mol. The Labute approximate surface area is 304 Å². The van der Waals surface area contributed by atoms with E-state index in [4.69, 9.17) is 9.47 Å². The van der Waals surface area contributed by atoms with Gasteiger partial charge in [0.1, 0.15) is 24.7 Å². The molecular formula is C45H34O4S2. The maximum atomic E-state index is 9.67. The number of aliphatic hydroxyl groups excluding tert-OH is 2. The van der Waals surface area contributed by atoms with Crippen LogP contribution in [0, 0.1) is 0 Å². The SMILES string of the molecule is OCCOc1ccc(C2(c3ccc(OCCO)c4ccccc34)c3cccc(-c4cccs4)c3-c3c(-c4cccs4)cccc32)c2ccccc12. The molecule has 6 heteroatoms. The first kappa shape index (κ1) is 31.7. The molecule has 6 aromatic carbocycles. The van der Waals surface area contributed by atoms with Crippen LogP contribution < -0.4 is 9.47 Å².